The van der Waals surface area contributed by atoms with Gasteiger partial charge in [0, 0.05) is 17.4 Å². The Hall–Kier alpha value is -1.35. The number of likely N-dealkylation sites (N-methyl/N-ethyl adjacent to an activating group) is 1. The van der Waals surface area contributed by atoms with Gasteiger partial charge in [0.1, 0.15) is 5.82 Å². The fourth-order valence-electron chi connectivity index (χ4n) is 2.75. The smallest absolute Gasteiger partial charge is 0.112 e. The van der Waals surface area contributed by atoms with Gasteiger partial charge in [-0.3, -0.25) is 0 Å². The first kappa shape index (κ1) is 12.7. The molecule has 1 fully saturated rings. The maximum Gasteiger partial charge on any atom is 0.112 e. The Kier molecular flexibility index (Phi) is 2.72. The second-order valence-corrected chi connectivity index (χ2v) is 6.88. The quantitative estimate of drug-likeness (QED) is 0.887. The van der Waals surface area contributed by atoms with E-state index in [1.165, 1.54) is 23.9 Å². The van der Waals surface area contributed by atoms with Crippen LogP contribution in [0.2, 0.25) is 0 Å². The molecule has 0 spiro atoms. The number of nitrogens with zero attached hydrogens (tertiary/aromatic N) is 1. The van der Waals surface area contributed by atoms with Crippen molar-refractivity contribution in [3.8, 4) is 0 Å². The normalized spacial score (nSPS) is 17.9. The maximum absolute atomic E-state index is 4.70. The van der Waals surface area contributed by atoms with Crippen molar-refractivity contribution >= 4 is 11.0 Å². The summed E-state index contributed by atoms with van der Waals surface area (Å²) in [5.41, 5.74) is 4.13. The number of H-pyrrole nitrogens is 1. The average Bonchev–Trinajstić information content (AvgIpc) is 2.99. The Balaban J connectivity index is 2.02. The summed E-state index contributed by atoms with van der Waals surface area (Å²) in [5.74, 6) is 1.07. The van der Waals surface area contributed by atoms with Gasteiger partial charge in [-0.15, -0.1) is 0 Å². The molecule has 1 heterocycles. The lowest BCUT2D eigenvalue weighted by Gasteiger charge is -2.15. The van der Waals surface area contributed by atoms with Crippen molar-refractivity contribution in [2.24, 2.45) is 0 Å². The summed E-state index contributed by atoms with van der Waals surface area (Å²) in [6.07, 6.45) is 2.58. The van der Waals surface area contributed by atoms with Crippen LogP contribution in [0.15, 0.2) is 18.2 Å². The highest BCUT2D eigenvalue weighted by Gasteiger charge is 2.43. The van der Waals surface area contributed by atoms with Gasteiger partial charge >= 0.3 is 0 Å². The molecule has 0 aliphatic heterocycles. The first-order chi connectivity index (χ1) is 8.94. The molecule has 1 aromatic carbocycles. The van der Waals surface area contributed by atoms with E-state index in [-0.39, 0.29) is 5.41 Å². The van der Waals surface area contributed by atoms with Crippen LogP contribution >= 0.6 is 0 Å². The van der Waals surface area contributed by atoms with E-state index in [1.54, 1.807) is 0 Å². The van der Waals surface area contributed by atoms with Gasteiger partial charge in [0.15, 0.2) is 0 Å². The average molecular weight is 257 g/mol. The fraction of sp³-hybridized carbons (Fsp3) is 0.562. The third kappa shape index (κ3) is 2.16. The molecule has 3 nitrogen and oxygen atoms in total. The number of imidazole rings is 1. The summed E-state index contributed by atoms with van der Waals surface area (Å²) < 4.78 is 0. The highest BCUT2D eigenvalue weighted by atomic mass is 14.9. The molecule has 1 saturated carbocycles. The molecule has 2 N–H and O–H groups in total. The molecule has 1 aliphatic rings. The minimum absolute atomic E-state index is 0.0709. The van der Waals surface area contributed by atoms with E-state index in [9.17, 15) is 0 Å². The van der Waals surface area contributed by atoms with Crippen LogP contribution in [0.1, 0.15) is 45.0 Å². The molecule has 0 bridgehead atoms. The van der Waals surface area contributed by atoms with Crippen LogP contribution in [-0.4, -0.2) is 23.6 Å². The maximum atomic E-state index is 4.70. The zero-order chi connectivity index (χ0) is 13.7. The van der Waals surface area contributed by atoms with E-state index in [0.717, 1.165) is 17.9 Å². The standard InChI is InChI=1S/C16H23N3/c1-15(2,3)14-18-12-6-5-11(9-13(12)19-14)16(7-8-16)10-17-4/h5-6,9,17H,7-8,10H2,1-4H3,(H,18,19). The third-order valence-corrected chi connectivity index (χ3v) is 4.17. The first-order valence-corrected chi connectivity index (χ1v) is 7.10. The van der Waals surface area contributed by atoms with Crippen molar-refractivity contribution in [3.63, 3.8) is 0 Å². The predicted octanol–water partition coefficient (Wildman–Crippen LogP) is 3.11. The number of rotatable bonds is 3. The Bertz CT molecular complexity index is 600. The van der Waals surface area contributed by atoms with Crippen LogP contribution in [-0.2, 0) is 10.8 Å². The van der Waals surface area contributed by atoms with E-state index in [0.29, 0.717) is 5.41 Å². The number of hydrogen-bond acceptors (Lipinski definition) is 2. The number of fused-ring (bicyclic) bond motifs is 1. The molecule has 0 atom stereocenters. The van der Waals surface area contributed by atoms with Crippen molar-refractivity contribution in [1.82, 2.24) is 15.3 Å². The number of aromatic nitrogens is 2. The number of hydrogen-bond donors (Lipinski definition) is 2. The summed E-state index contributed by atoms with van der Waals surface area (Å²) in [6.45, 7) is 7.64. The summed E-state index contributed by atoms with van der Waals surface area (Å²) >= 11 is 0. The molecule has 19 heavy (non-hydrogen) atoms. The minimum atomic E-state index is 0.0709. The van der Waals surface area contributed by atoms with Crippen molar-refractivity contribution in [2.75, 3.05) is 13.6 Å². The Morgan fingerprint density at radius 2 is 2.05 bits per heavy atom. The zero-order valence-electron chi connectivity index (χ0n) is 12.3. The second-order valence-electron chi connectivity index (χ2n) is 6.88. The van der Waals surface area contributed by atoms with Gasteiger partial charge in [-0.1, -0.05) is 26.8 Å². The lowest BCUT2D eigenvalue weighted by Crippen LogP contribution is -2.23. The van der Waals surface area contributed by atoms with Crippen molar-refractivity contribution in [2.45, 2.75) is 44.4 Å². The molecular weight excluding hydrogens is 234 g/mol. The number of benzene rings is 1. The van der Waals surface area contributed by atoms with Gasteiger partial charge < -0.3 is 10.3 Å². The lowest BCUT2D eigenvalue weighted by atomic mass is 9.95. The van der Waals surface area contributed by atoms with Crippen LogP contribution in [0, 0.1) is 0 Å². The van der Waals surface area contributed by atoms with Gasteiger partial charge in [0.2, 0.25) is 0 Å². The third-order valence-electron chi connectivity index (χ3n) is 4.17. The van der Waals surface area contributed by atoms with E-state index < -0.39 is 0 Å². The van der Waals surface area contributed by atoms with Gasteiger partial charge in [0.05, 0.1) is 11.0 Å². The minimum Gasteiger partial charge on any atom is -0.342 e. The fourth-order valence-corrected chi connectivity index (χ4v) is 2.75. The molecule has 2 aromatic rings. The molecule has 1 aromatic heterocycles. The molecule has 3 heteroatoms. The van der Waals surface area contributed by atoms with E-state index >= 15 is 0 Å². The molecule has 3 rings (SSSR count). The van der Waals surface area contributed by atoms with Crippen LogP contribution in [0.5, 0.6) is 0 Å². The molecule has 0 radical (unpaired) electrons. The van der Waals surface area contributed by atoms with E-state index in [2.05, 4.69) is 49.3 Å². The lowest BCUT2D eigenvalue weighted by molar-refractivity contribution is 0.554. The molecule has 0 saturated heterocycles. The molecule has 0 amide bonds. The van der Waals surface area contributed by atoms with Crippen LogP contribution < -0.4 is 5.32 Å². The first-order valence-electron chi connectivity index (χ1n) is 7.10. The second kappa shape index (κ2) is 4.07. The predicted molar refractivity (Wildman–Crippen MR) is 79.6 cm³/mol. The Labute approximate surface area is 114 Å². The van der Waals surface area contributed by atoms with Crippen molar-refractivity contribution in [1.29, 1.82) is 0 Å². The van der Waals surface area contributed by atoms with E-state index in [1.807, 2.05) is 7.05 Å². The number of nitrogens with one attached hydrogen (secondary N) is 2. The highest BCUT2D eigenvalue weighted by molar-refractivity contribution is 5.76. The summed E-state index contributed by atoms with van der Waals surface area (Å²) in [6, 6.07) is 6.70. The van der Waals surface area contributed by atoms with Gasteiger partial charge in [0.25, 0.3) is 0 Å². The molecule has 102 valence electrons. The molecular formula is C16H23N3. The number of aromatic amines is 1. The summed E-state index contributed by atoms with van der Waals surface area (Å²) in [5, 5.41) is 3.32. The van der Waals surface area contributed by atoms with Gasteiger partial charge in [-0.05, 0) is 37.6 Å². The highest BCUT2D eigenvalue weighted by Crippen LogP contribution is 2.48. The zero-order valence-corrected chi connectivity index (χ0v) is 12.3. The SMILES string of the molecule is CNCC1(c2ccc3nc(C(C)(C)C)[nH]c3c2)CC1. The monoisotopic (exact) mass is 257 g/mol. The Morgan fingerprint density at radius 1 is 1.32 bits per heavy atom. The van der Waals surface area contributed by atoms with Crippen molar-refractivity contribution < 1.29 is 0 Å². The largest absolute Gasteiger partial charge is 0.342 e. The topological polar surface area (TPSA) is 40.7 Å². The summed E-state index contributed by atoms with van der Waals surface area (Å²) in [4.78, 5) is 8.19. The summed E-state index contributed by atoms with van der Waals surface area (Å²) in [7, 11) is 2.03. The Morgan fingerprint density at radius 3 is 2.63 bits per heavy atom. The van der Waals surface area contributed by atoms with Crippen LogP contribution in [0.3, 0.4) is 0 Å². The molecule has 1 aliphatic carbocycles. The van der Waals surface area contributed by atoms with Gasteiger partial charge in [-0.25, -0.2) is 4.98 Å². The van der Waals surface area contributed by atoms with Crippen molar-refractivity contribution in [3.05, 3.63) is 29.6 Å². The van der Waals surface area contributed by atoms with E-state index in [4.69, 9.17) is 4.98 Å². The van der Waals surface area contributed by atoms with Crippen LogP contribution in [0.4, 0.5) is 0 Å². The van der Waals surface area contributed by atoms with Crippen LogP contribution in [0.25, 0.3) is 11.0 Å². The molecule has 0 unspecified atom stereocenters. The van der Waals surface area contributed by atoms with Gasteiger partial charge in [-0.2, -0.15) is 0 Å².